The summed E-state index contributed by atoms with van der Waals surface area (Å²) >= 11 is 3.47. The topological polar surface area (TPSA) is 48.7 Å². The highest BCUT2D eigenvalue weighted by atomic mass is 79.9. The first kappa shape index (κ1) is 13.6. The fraction of sp³-hybridized carbons (Fsp3) is 0.200. The first-order valence-corrected chi connectivity index (χ1v) is 6.76. The van der Waals surface area contributed by atoms with E-state index >= 15 is 0 Å². The van der Waals surface area contributed by atoms with Crippen LogP contribution in [0.1, 0.15) is 22.4 Å². The van der Waals surface area contributed by atoms with Crippen LogP contribution >= 0.6 is 15.9 Å². The maximum absolute atomic E-state index is 9.07. The minimum Gasteiger partial charge on any atom is -0.365 e. The molecular formula is C15H14BrN3. The normalized spacial score (nSPS) is 10.0. The van der Waals surface area contributed by atoms with Crippen LogP contribution in [-0.4, -0.2) is 4.98 Å². The monoisotopic (exact) mass is 315 g/mol. The molecule has 96 valence electrons. The second kappa shape index (κ2) is 5.85. The highest BCUT2D eigenvalue weighted by Gasteiger charge is 2.05. The highest BCUT2D eigenvalue weighted by molar-refractivity contribution is 9.10. The van der Waals surface area contributed by atoms with Crippen molar-refractivity contribution in [2.24, 2.45) is 0 Å². The van der Waals surface area contributed by atoms with E-state index in [1.807, 2.05) is 19.1 Å². The number of hydrogen-bond donors (Lipinski definition) is 1. The molecule has 0 aliphatic heterocycles. The van der Waals surface area contributed by atoms with Gasteiger partial charge in [0.1, 0.15) is 11.9 Å². The fourth-order valence-electron chi connectivity index (χ4n) is 1.79. The third kappa shape index (κ3) is 3.33. The van der Waals surface area contributed by atoms with Crippen LogP contribution in [0.3, 0.4) is 0 Å². The number of hydrogen-bond acceptors (Lipinski definition) is 3. The number of pyridine rings is 1. The number of rotatable bonds is 3. The molecule has 3 nitrogen and oxygen atoms in total. The number of anilines is 1. The maximum Gasteiger partial charge on any atom is 0.144 e. The lowest BCUT2D eigenvalue weighted by molar-refractivity contribution is 1.07. The Morgan fingerprint density at radius 2 is 2.05 bits per heavy atom. The molecule has 19 heavy (non-hydrogen) atoms. The van der Waals surface area contributed by atoms with Gasteiger partial charge in [-0.15, -0.1) is 0 Å². The molecule has 0 bridgehead atoms. The molecule has 0 spiro atoms. The van der Waals surface area contributed by atoms with E-state index in [1.165, 1.54) is 11.1 Å². The van der Waals surface area contributed by atoms with E-state index in [0.29, 0.717) is 17.9 Å². The van der Waals surface area contributed by atoms with Gasteiger partial charge >= 0.3 is 0 Å². The number of benzene rings is 1. The molecule has 2 rings (SSSR count). The summed E-state index contributed by atoms with van der Waals surface area (Å²) < 4.78 is 1.05. The Labute approximate surface area is 121 Å². The van der Waals surface area contributed by atoms with Gasteiger partial charge in [-0.25, -0.2) is 4.98 Å². The summed E-state index contributed by atoms with van der Waals surface area (Å²) in [6.45, 7) is 4.63. The van der Waals surface area contributed by atoms with Gasteiger partial charge in [-0.05, 0) is 49.2 Å². The quantitative estimate of drug-likeness (QED) is 0.933. The summed E-state index contributed by atoms with van der Waals surface area (Å²) in [7, 11) is 0. The zero-order valence-corrected chi connectivity index (χ0v) is 12.5. The van der Waals surface area contributed by atoms with Crippen LogP contribution in [0.25, 0.3) is 0 Å². The molecule has 1 heterocycles. The first-order valence-electron chi connectivity index (χ1n) is 5.97. The number of nitriles is 1. The highest BCUT2D eigenvalue weighted by Crippen LogP contribution is 2.18. The van der Waals surface area contributed by atoms with Gasteiger partial charge in [-0.3, -0.25) is 0 Å². The SMILES string of the molecule is Cc1ccc(C#N)c(NCc2cc(Br)ccc2C)n1. The van der Waals surface area contributed by atoms with E-state index in [-0.39, 0.29) is 0 Å². The van der Waals surface area contributed by atoms with Gasteiger partial charge in [-0.1, -0.05) is 22.0 Å². The number of aryl methyl sites for hydroxylation is 2. The van der Waals surface area contributed by atoms with Crippen LogP contribution in [0.4, 0.5) is 5.82 Å². The largest absolute Gasteiger partial charge is 0.365 e. The van der Waals surface area contributed by atoms with Crippen molar-refractivity contribution in [3.63, 3.8) is 0 Å². The lowest BCUT2D eigenvalue weighted by Crippen LogP contribution is -2.05. The molecule has 0 saturated carbocycles. The Hall–Kier alpha value is -1.86. The third-order valence-corrected chi connectivity index (χ3v) is 3.41. The molecule has 0 radical (unpaired) electrons. The van der Waals surface area contributed by atoms with Gasteiger partial charge in [0.25, 0.3) is 0 Å². The second-order valence-corrected chi connectivity index (χ2v) is 5.30. The van der Waals surface area contributed by atoms with E-state index < -0.39 is 0 Å². The first-order chi connectivity index (χ1) is 9.10. The number of aromatic nitrogens is 1. The zero-order chi connectivity index (χ0) is 13.8. The zero-order valence-electron chi connectivity index (χ0n) is 10.9. The van der Waals surface area contributed by atoms with Crippen LogP contribution < -0.4 is 5.32 Å². The summed E-state index contributed by atoms with van der Waals surface area (Å²) in [5, 5.41) is 12.3. The van der Waals surface area contributed by atoms with Crippen molar-refractivity contribution >= 4 is 21.7 Å². The Balaban J connectivity index is 2.21. The number of nitrogens with one attached hydrogen (secondary N) is 1. The van der Waals surface area contributed by atoms with Crippen LogP contribution in [0.15, 0.2) is 34.8 Å². The average molecular weight is 316 g/mol. The molecule has 0 amide bonds. The third-order valence-electron chi connectivity index (χ3n) is 2.91. The molecule has 1 aromatic heterocycles. The summed E-state index contributed by atoms with van der Waals surface area (Å²) in [5.74, 6) is 0.641. The predicted octanol–water partition coefficient (Wildman–Crippen LogP) is 3.94. The summed E-state index contributed by atoms with van der Waals surface area (Å²) in [5.41, 5.74) is 3.86. The molecule has 4 heteroatoms. The minimum absolute atomic E-state index is 0.568. The smallest absolute Gasteiger partial charge is 0.144 e. The molecule has 0 aliphatic rings. The van der Waals surface area contributed by atoms with Gasteiger partial charge in [0.05, 0.1) is 5.56 Å². The van der Waals surface area contributed by atoms with Crippen molar-refractivity contribution in [1.29, 1.82) is 5.26 Å². The van der Waals surface area contributed by atoms with Crippen molar-refractivity contribution in [1.82, 2.24) is 4.98 Å². The summed E-state index contributed by atoms with van der Waals surface area (Å²) in [4.78, 5) is 4.37. The van der Waals surface area contributed by atoms with E-state index in [4.69, 9.17) is 5.26 Å². The molecule has 0 saturated heterocycles. The summed E-state index contributed by atoms with van der Waals surface area (Å²) in [6.07, 6.45) is 0. The lowest BCUT2D eigenvalue weighted by Gasteiger charge is -2.10. The minimum atomic E-state index is 0.568. The van der Waals surface area contributed by atoms with Crippen LogP contribution in [0.5, 0.6) is 0 Å². The Kier molecular flexibility index (Phi) is 4.18. The standard InChI is InChI=1S/C15H14BrN3/c1-10-3-6-14(16)7-13(10)9-18-15-12(8-17)5-4-11(2)19-15/h3-7H,9H2,1-2H3,(H,18,19). The van der Waals surface area contributed by atoms with Crippen LogP contribution in [0, 0.1) is 25.2 Å². The Morgan fingerprint density at radius 1 is 1.26 bits per heavy atom. The molecule has 0 aliphatic carbocycles. The fourth-order valence-corrected chi connectivity index (χ4v) is 2.20. The van der Waals surface area contributed by atoms with Crippen LogP contribution in [0.2, 0.25) is 0 Å². The lowest BCUT2D eigenvalue weighted by atomic mass is 10.1. The molecule has 1 N–H and O–H groups in total. The molecule has 2 aromatic rings. The van der Waals surface area contributed by atoms with Gasteiger partial charge in [0, 0.05) is 16.7 Å². The number of halogens is 1. The van der Waals surface area contributed by atoms with E-state index in [9.17, 15) is 0 Å². The van der Waals surface area contributed by atoms with E-state index in [0.717, 1.165) is 10.2 Å². The molecule has 0 atom stereocenters. The van der Waals surface area contributed by atoms with Crippen LogP contribution in [-0.2, 0) is 6.54 Å². The van der Waals surface area contributed by atoms with E-state index in [1.54, 1.807) is 6.07 Å². The van der Waals surface area contributed by atoms with Crippen molar-refractivity contribution in [2.45, 2.75) is 20.4 Å². The van der Waals surface area contributed by atoms with Crippen molar-refractivity contribution in [3.05, 3.63) is 57.2 Å². The van der Waals surface area contributed by atoms with Gasteiger partial charge in [0.15, 0.2) is 0 Å². The van der Waals surface area contributed by atoms with Crippen molar-refractivity contribution in [2.75, 3.05) is 5.32 Å². The average Bonchev–Trinajstić information content (AvgIpc) is 2.40. The van der Waals surface area contributed by atoms with E-state index in [2.05, 4.69) is 51.4 Å². The van der Waals surface area contributed by atoms with Gasteiger partial charge in [-0.2, -0.15) is 5.26 Å². The predicted molar refractivity (Wildman–Crippen MR) is 79.9 cm³/mol. The molecule has 0 fully saturated rings. The maximum atomic E-state index is 9.07. The summed E-state index contributed by atoms with van der Waals surface area (Å²) in [6, 6.07) is 11.9. The van der Waals surface area contributed by atoms with Crippen molar-refractivity contribution in [3.8, 4) is 6.07 Å². The second-order valence-electron chi connectivity index (χ2n) is 4.38. The molecule has 1 aromatic carbocycles. The number of nitrogens with zero attached hydrogens (tertiary/aromatic N) is 2. The van der Waals surface area contributed by atoms with Crippen molar-refractivity contribution < 1.29 is 0 Å². The molecular weight excluding hydrogens is 302 g/mol. The van der Waals surface area contributed by atoms with Gasteiger partial charge in [0.2, 0.25) is 0 Å². The molecule has 0 unspecified atom stereocenters. The Morgan fingerprint density at radius 3 is 2.79 bits per heavy atom. The van der Waals surface area contributed by atoms with Gasteiger partial charge < -0.3 is 5.32 Å². The Bertz CT molecular complexity index is 644.